The molecular formula is C16H30N2O. The van der Waals surface area contributed by atoms with Gasteiger partial charge in [-0.1, -0.05) is 6.08 Å². The first-order chi connectivity index (χ1) is 8.92. The first-order valence-corrected chi connectivity index (χ1v) is 7.20. The predicted octanol–water partition coefficient (Wildman–Crippen LogP) is 3.41. The van der Waals surface area contributed by atoms with Crippen molar-refractivity contribution in [2.75, 3.05) is 19.7 Å². The molecule has 19 heavy (non-hydrogen) atoms. The molecular weight excluding hydrogens is 236 g/mol. The van der Waals surface area contributed by atoms with Crippen molar-refractivity contribution in [2.45, 2.75) is 53.0 Å². The van der Waals surface area contributed by atoms with Crippen molar-refractivity contribution in [3.8, 4) is 0 Å². The molecule has 0 saturated carbocycles. The quantitative estimate of drug-likeness (QED) is 0.540. The third-order valence-corrected chi connectivity index (χ3v) is 2.66. The maximum atomic E-state index is 8.94. The second-order valence-electron chi connectivity index (χ2n) is 5.56. The molecule has 0 rings (SSSR count). The van der Waals surface area contributed by atoms with Crippen LogP contribution in [-0.4, -0.2) is 41.5 Å². The van der Waals surface area contributed by atoms with E-state index < -0.39 is 0 Å². The highest BCUT2D eigenvalue weighted by molar-refractivity contribution is 5.79. The fraction of sp³-hybridized carbons (Fsp3) is 0.688. The van der Waals surface area contributed by atoms with Crippen LogP contribution in [0.3, 0.4) is 0 Å². The van der Waals surface area contributed by atoms with Gasteiger partial charge in [0, 0.05) is 25.9 Å². The van der Waals surface area contributed by atoms with Gasteiger partial charge in [0.05, 0.1) is 5.54 Å². The van der Waals surface area contributed by atoms with E-state index in [2.05, 4.69) is 62.9 Å². The molecule has 0 aromatic heterocycles. The van der Waals surface area contributed by atoms with E-state index in [0.29, 0.717) is 0 Å². The number of hydrogen-bond acceptors (Lipinski definition) is 3. The van der Waals surface area contributed by atoms with Gasteiger partial charge in [0.15, 0.2) is 0 Å². The summed E-state index contributed by atoms with van der Waals surface area (Å²) in [7, 11) is 0. The first kappa shape index (κ1) is 17.9. The van der Waals surface area contributed by atoms with E-state index in [0.717, 1.165) is 31.5 Å². The molecule has 0 aliphatic carbocycles. The van der Waals surface area contributed by atoms with E-state index in [4.69, 9.17) is 5.11 Å². The summed E-state index contributed by atoms with van der Waals surface area (Å²) in [4.78, 5) is 6.76. The minimum Gasteiger partial charge on any atom is -0.396 e. The Labute approximate surface area is 118 Å². The smallest absolute Gasteiger partial charge is 0.0524 e. The van der Waals surface area contributed by atoms with Crippen LogP contribution in [-0.2, 0) is 0 Å². The number of hydrogen-bond donors (Lipinski definition) is 1. The third kappa shape index (κ3) is 10.5. The zero-order chi connectivity index (χ0) is 14.7. The number of allylic oxidation sites excluding steroid dienone is 3. The molecule has 0 unspecified atom stereocenters. The van der Waals surface area contributed by atoms with Crippen LogP contribution < -0.4 is 0 Å². The summed E-state index contributed by atoms with van der Waals surface area (Å²) in [5.41, 5.74) is 1.10. The molecule has 0 aromatic carbocycles. The topological polar surface area (TPSA) is 35.8 Å². The molecule has 0 bridgehead atoms. The fourth-order valence-electron chi connectivity index (χ4n) is 1.47. The van der Waals surface area contributed by atoms with Crippen LogP contribution in [0.5, 0.6) is 0 Å². The van der Waals surface area contributed by atoms with Gasteiger partial charge in [0.25, 0.3) is 0 Å². The largest absolute Gasteiger partial charge is 0.396 e. The minimum absolute atomic E-state index is 0.0547. The van der Waals surface area contributed by atoms with Crippen LogP contribution in [0.4, 0.5) is 0 Å². The summed E-state index contributed by atoms with van der Waals surface area (Å²) >= 11 is 0. The zero-order valence-corrected chi connectivity index (χ0v) is 13.2. The highest BCUT2D eigenvalue weighted by atomic mass is 16.2. The predicted molar refractivity (Wildman–Crippen MR) is 84.7 cm³/mol. The number of aliphatic hydroxyl groups is 1. The Balaban J connectivity index is 4.69. The van der Waals surface area contributed by atoms with Gasteiger partial charge in [-0.2, -0.15) is 0 Å². The lowest BCUT2D eigenvalue weighted by atomic mass is 10.1. The number of nitrogens with zero attached hydrogens (tertiary/aromatic N) is 2. The molecule has 3 heteroatoms. The lowest BCUT2D eigenvalue weighted by molar-refractivity contribution is 0.289. The number of aliphatic hydroxyl groups excluding tert-OH is 1. The van der Waals surface area contributed by atoms with E-state index in [1.807, 2.05) is 6.21 Å². The lowest BCUT2D eigenvalue weighted by Crippen LogP contribution is -2.14. The molecule has 0 spiro atoms. The average Bonchev–Trinajstić information content (AvgIpc) is 2.36. The fourth-order valence-corrected chi connectivity index (χ4v) is 1.47. The van der Waals surface area contributed by atoms with E-state index >= 15 is 0 Å². The standard InChI is InChI=1S/C16H30N2O/c1-6-18(7-2)12-8-10-15(11-9-13-19)14-17-16(3,4)5/h8,10,12,14,19H,6-7,9,11,13H2,1-5H3/b12-8+,15-10+,17-14?. The summed E-state index contributed by atoms with van der Waals surface area (Å²) in [5, 5.41) is 8.94. The van der Waals surface area contributed by atoms with Crippen molar-refractivity contribution >= 4 is 6.21 Å². The van der Waals surface area contributed by atoms with Crippen LogP contribution in [0.15, 0.2) is 28.9 Å². The molecule has 0 aliphatic heterocycles. The van der Waals surface area contributed by atoms with Crippen LogP contribution in [0.25, 0.3) is 0 Å². The summed E-state index contributed by atoms with van der Waals surface area (Å²) in [6.45, 7) is 12.8. The highest BCUT2D eigenvalue weighted by Crippen LogP contribution is 2.09. The minimum atomic E-state index is -0.0547. The molecule has 0 heterocycles. The Morgan fingerprint density at radius 1 is 1.21 bits per heavy atom. The highest BCUT2D eigenvalue weighted by Gasteiger charge is 2.05. The van der Waals surface area contributed by atoms with Crippen molar-refractivity contribution in [1.29, 1.82) is 0 Å². The lowest BCUT2D eigenvalue weighted by Gasteiger charge is -2.14. The van der Waals surface area contributed by atoms with Gasteiger partial charge in [-0.05, 0) is 65.3 Å². The SMILES string of the molecule is CCN(/C=C/C=C(/C=NC(C)(C)C)CCCO)CC. The molecule has 0 aliphatic rings. The Hall–Kier alpha value is -1.09. The molecule has 110 valence electrons. The Kier molecular flexibility index (Phi) is 9.23. The van der Waals surface area contributed by atoms with Gasteiger partial charge in [0.2, 0.25) is 0 Å². The molecule has 1 N–H and O–H groups in total. The first-order valence-electron chi connectivity index (χ1n) is 7.20. The average molecular weight is 266 g/mol. The monoisotopic (exact) mass is 266 g/mol. The molecule has 0 aromatic rings. The van der Waals surface area contributed by atoms with Crippen LogP contribution >= 0.6 is 0 Å². The van der Waals surface area contributed by atoms with Crippen molar-refractivity contribution in [1.82, 2.24) is 4.90 Å². The summed E-state index contributed by atoms with van der Waals surface area (Å²) in [5.74, 6) is 0. The van der Waals surface area contributed by atoms with E-state index in [1.54, 1.807) is 0 Å². The third-order valence-electron chi connectivity index (χ3n) is 2.66. The molecule has 0 atom stereocenters. The van der Waals surface area contributed by atoms with Crippen molar-refractivity contribution in [3.63, 3.8) is 0 Å². The van der Waals surface area contributed by atoms with Gasteiger partial charge in [-0.25, -0.2) is 0 Å². The van der Waals surface area contributed by atoms with Crippen molar-refractivity contribution in [2.24, 2.45) is 4.99 Å². The van der Waals surface area contributed by atoms with Gasteiger partial charge in [-0.3, -0.25) is 4.99 Å². The van der Waals surface area contributed by atoms with Gasteiger partial charge < -0.3 is 10.0 Å². The van der Waals surface area contributed by atoms with Gasteiger partial charge in [0.1, 0.15) is 0 Å². The van der Waals surface area contributed by atoms with E-state index in [9.17, 15) is 0 Å². The Morgan fingerprint density at radius 2 is 1.84 bits per heavy atom. The van der Waals surface area contributed by atoms with Crippen LogP contribution in [0, 0.1) is 0 Å². The number of aliphatic imine (C=N–C) groups is 1. The van der Waals surface area contributed by atoms with Crippen LogP contribution in [0.1, 0.15) is 47.5 Å². The van der Waals surface area contributed by atoms with Crippen molar-refractivity contribution < 1.29 is 5.11 Å². The van der Waals surface area contributed by atoms with E-state index in [1.165, 1.54) is 0 Å². The molecule has 0 saturated heterocycles. The maximum Gasteiger partial charge on any atom is 0.0524 e. The summed E-state index contributed by atoms with van der Waals surface area (Å²) < 4.78 is 0. The summed E-state index contributed by atoms with van der Waals surface area (Å²) in [6, 6.07) is 0. The number of rotatable bonds is 8. The molecule has 0 radical (unpaired) electrons. The molecule has 3 nitrogen and oxygen atoms in total. The van der Waals surface area contributed by atoms with Gasteiger partial charge >= 0.3 is 0 Å². The van der Waals surface area contributed by atoms with E-state index in [-0.39, 0.29) is 12.1 Å². The molecule has 0 fully saturated rings. The second-order valence-corrected chi connectivity index (χ2v) is 5.56. The summed E-state index contributed by atoms with van der Waals surface area (Å²) in [6.07, 6.45) is 9.82. The van der Waals surface area contributed by atoms with Gasteiger partial charge in [-0.15, -0.1) is 0 Å². The Morgan fingerprint density at radius 3 is 2.32 bits per heavy atom. The second kappa shape index (κ2) is 9.79. The maximum absolute atomic E-state index is 8.94. The van der Waals surface area contributed by atoms with Crippen LogP contribution in [0.2, 0.25) is 0 Å². The molecule has 0 amide bonds. The van der Waals surface area contributed by atoms with Crippen molar-refractivity contribution in [3.05, 3.63) is 23.9 Å². The normalized spacial score (nSPS) is 13.7. The zero-order valence-electron chi connectivity index (χ0n) is 13.2. The Bertz CT molecular complexity index is 307.